The standard InChI is InChI=1S/C12H17NO2/c1-3-14-11-4-6-12(7-5-11)15-9-10(2)8-13/h4-7H,2-3,8-9,13H2,1H3. The predicted octanol–water partition coefficient (Wildman–Crippen LogP) is 1.98. The molecule has 1 rings (SSSR count). The minimum absolute atomic E-state index is 0.455. The van der Waals surface area contributed by atoms with Gasteiger partial charge >= 0.3 is 0 Å². The predicted molar refractivity (Wildman–Crippen MR) is 61.3 cm³/mol. The summed E-state index contributed by atoms with van der Waals surface area (Å²) in [6.45, 7) is 7.30. The first-order chi connectivity index (χ1) is 7.26. The second-order valence-electron chi connectivity index (χ2n) is 3.15. The van der Waals surface area contributed by atoms with Gasteiger partial charge in [-0.1, -0.05) is 6.58 Å². The first-order valence-electron chi connectivity index (χ1n) is 4.98. The smallest absolute Gasteiger partial charge is 0.120 e. The van der Waals surface area contributed by atoms with Gasteiger partial charge in [-0.3, -0.25) is 0 Å². The first kappa shape index (κ1) is 11.6. The summed E-state index contributed by atoms with van der Waals surface area (Å²) in [5.74, 6) is 1.65. The largest absolute Gasteiger partial charge is 0.494 e. The zero-order chi connectivity index (χ0) is 11.1. The van der Waals surface area contributed by atoms with Crippen molar-refractivity contribution >= 4 is 0 Å². The lowest BCUT2D eigenvalue weighted by molar-refractivity contribution is 0.334. The van der Waals surface area contributed by atoms with E-state index in [1.54, 1.807) is 0 Å². The zero-order valence-corrected chi connectivity index (χ0v) is 9.03. The van der Waals surface area contributed by atoms with Crippen LogP contribution in [0, 0.1) is 0 Å². The van der Waals surface area contributed by atoms with E-state index in [2.05, 4.69) is 6.58 Å². The number of ether oxygens (including phenoxy) is 2. The molecule has 0 aliphatic heterocycles. The molecule has 0 aliphatic carbocycles. The van der Waals surface area contributed by atoms with Crippen molar-refractivity contribution in [1.29, 1.82) is 0 Å². The van der Waals surface area contributed by atoms with Crippen molar-refractivity contribution < 1.29 is 9.47 Å². The minimum Gasteiger partial charge on any atom is -0.494 e. The maximum absolute atomic E-state index is 5.46. The maximum Gasteiger partial charge on any atom is 0.120 e. The third kappa shape index (κ3) is 4.04. The van der Waals surface area contributed by atoms with Crippen LogP contribution in [0.15, 0.2) is 36.4 Å². The third-order valence-electron chi connectivity index (χ3n) is 1.87. The van der Waals surface area contributed by atoms with E-state index in [1.165, 1.54) is 0 Å². The molecular weight excluding hydrogens is 190 g/mol. The van der Waals surface area contributed by atoms with E-state index in [9.17, 15) is 0 Å². The lowest BCUT2D eigenvalue weighted by Gasteiger charge is -2.08. The molecule has 3 heteroatoms. The summed E-state index contributed by atoms with van der Waals surface area (Å²) in [5, 5.41) is 0. The van der Waals surface area contributed by atoms with E-state index < -0.39 is 0 Å². The summed E-state index contributed by atoms with van der Waals surface area (Å²) in [7, 11) is 0. The molecule has 0 bridgehead atoms. The summed E-state index contributed by atoms with van der Waals surface area (Å²) < 4.78 is 10.8. The van der Waals surface area contributed by atoms with Crippen molar-refractivity contribution in [3.63, 3.8) is 0 Å². The summed E-state index contributed by atoms with van der Waals surface area (Å²) in [6, 6.07) is 7.50. The number of hydrogen-bond acceptors (Lipinski definition) is 3. The van der Waals surface area contributed by atoms with E-state index in [-0.39, 0.29) is 0 Å². The van der Waals surface area contributed by atoms with Crippen LogP contribution in [0.25, 0.3) is 0 Å². The van der Waals surface area contributed by atoms with Crippen LogP contribution in [0.3, 0.4) is 0 Å². The Morgan fingerprint density at radius 3 is 2.20 bits per heavy atom. The Labute approximate surface area is 90.5 Å². The van der Waals surface area contributed by atoms with Gasteiger partial charge in [0.05, 0.1) is 6.61 Å². The quantitative estimate of drug-likeness (QED) is 0.725. The fourth-order valence-electron chi connectivity index (χ4n) is 1.04. The van der Waals surface area contributed by atoms with Gasteiger partial charge in [-0.05, 0) is 36.8 Å². The summed E-state index contributed by atoms with van der Waals surface area (Å²) in [5.41, 5.74) is 6.28. The van der Waals surface area contributed by atoms with Crippen molar-refractivity contribution in [2.24, 2.45) is 5.73 Å². The molecule has 2 N–H and O–H groups in total. The van der Waals surface area contributed by atoms with Crippen molar-refractivity contribution in [3.8, 4) is 11.5 Å². The number of hydrogen-bond donors (Lipinski definition) is 1. The van der Waals surface area contributed by atoms with Crippen LogP contribution in [0.2, 0.25) is 0 Å². The van der Waals surface area contributed by atoms with Crippen molar-refractivity contribution in [2.45, 2.75) is 6.92 Å². The highest BCUT2D eigenvalue weighted by molar-refractivity contribution is 5.31. The Kier molecular flexibility index (Phi) is 4.71. The van der Waals surface area contributed by atoms with E-state index in [0.29, 0.717) is 19.8 Å². The molecule has 3 nitrogen and oxygen atoms in total. The highest BCUT2D eigenvalue weighted by atomic mass is 16.5. The van der Waals surface area contributed by atoms with Crippen LogP contribution in [-0.2, 0) is 0 Å². The van der Waals surface area contributed by atoms with Gasteiger partial charge in [-0.15, -0.1) is 0 Å². The van der Waals surface area contributed by atoms with Crippen LogP contribution in [0.4, 0.5) is 0 Å². The molecule has 0 fully saturated rings. The molecule has 1 aromatic carbocycles. The molecule has 0 radical (unpaired) electrons. The Morgan fingerprint density at radius 1 is 1.20 bits per heavy atom. The highest BCUT2D eigenvalue weighted by Crippen LogP contribution is 2.17. The molecule has 1 aromatic rings. The van der Waals surface area contributed by atoms with E-state index in [0.717, 1.165) is 17.1 Å². The molecule has 0 unspecified atom stereocenters. The van der Waals surface area contributed by atoms with Gasteiger partial charge in [-0.25, -0.2) is 0 Å². The van der Waals surface area contributed by atoms with E-state index >= 15 is 0 Å². The molecule has 0 spiro atoms. The molecule has 0 aliphatic rings. The number of nitrogens with two attached hydrogens (primary N) is 1. The molecule has 0 aromatic heterocycles. The van der Waals surface area contributed by atoms with Gasteiger partial charge in [0.2, 0.25) is 0 Å². The number of benzene rings is 1. The van der Waals surface area contributed by atoms with Gasteiger partial charge in [-0.2, -0.15) is 0 Å². The molecule has 15 heavy (non-hydrogen) atoms. The second-order valence-corrected chi connectivity index (χ2v) is 3.15. The van der Waals surface area contributed by atoms with Crippen LogP contribution in [0.5, 0.6) is 11.5 Å². The fourth-order valence-corrected chi connectivity index (χ4v) is 1.04. The van der Waals surface area contributed by atoms with Crippen molar-refractivity contribution in [3.05, 3.63) is 36.4 Å². The highest BCUT2D eigenvalue weighted by Gasteiger charge is 1.96. The topological polar surface area (TPSA) is 44.5 Å². The Morgan fingerprint density at radius 2 is 1.73 bits per heavy atom. The van der Waals surface area contributed by atoms with Crippen LogP contribution < -0.4 is 15.2 Å². The normalized spacial score (nSPS) is 9.73. The maximum atomic E-state index is 5.46. The summed E-state index contributed by atoms with van der Waals surface area (Å²) in [4.78, 5) is 0. The zero-order valence-electron chi connectivity index (χ0n) is 9.03. The fraction of sp³-hybridized carbons (Fsp3) is 0.333. The molecule has 0 atom stereocenters. The Bertz CT molecular complexity index is 306. The third-order valence-corrected chi connectivity index (χ3v) is 1.87. The van der Waals surface area contributed by atoms with Crippen molar-refractivity contribution in [1.82, 2.24) is 0 Å². The molecular formula is C12H17NO2. The molecule has 0 saturated carbocycles. The molecule has 82 valence electrons. The van der Waals surface area contributed by atoms with Gasteiger partial charge in [0, 0.05) is 6.54 Å². The summed E-state index contributed by atoms with van der Waals surface area (Å²) >= 11 is 0. The van der Waals surface area contributed by atoms with Crippen LogP contribution in [-0.4, -0.2) is 19.8 Å². The molecule has 0 heterocycles. The molecule has 0 saturated heterocycles. The second kappa shape index (κ2) is 6.09. The molecule has 0 amide bonds. The lowest BCUT2D eigenvalue weighted by atomic mass is 10.3. The number of rotatable bonds is 6. The Balaban J connectivity index is 2.45. The summed E-state index contributed by atoms with van der Waals surface area (Å²) in [6.07, 6.45) is 0. The van der Waals surface area contributed by atoms with E-state index in [1.807, 2.05) is 31.2 Å². The van der Waals surface area contributed by atoms with E-state index in [4.69, 9.17) is 15.2 Å². The average molecular weight is 207 g/mol. The van der Waals surface area contributed by atoms with Gasteiger partial charge in [0.15, 0.2) is 0 Å². The van der Waals surface area contributed by atoms with Gasteiger partial charge in [0.25, 0.3) is 0 Å². The lowest BCUT2D eigenvalue weighted by Crippen LogP contribution is -2.09. The minimum atomic E-state index is 0.455. The van der Waals surface area contributed by atoms with Crippen LogP contribution in [0.1, 0.15) is 6.92 Å². The monoisotopic (exact) mass is 207 g/mol. The van der Waals surface area contributed by atoms with Crippen molar-refractivity contribution in [2.75, 3.05) is 19.8 Å². The SMILES string of the molecule is C=C(CN)COc1ccc(OCC)cc1. The average Bonchev–Trinajstić information content (AvgIpc) is 2.28. The van der Waals surface area contributed by atoms with Gasteiger partial charge < -0.3 is 15.2 Å². The first-order valence-corrected chi connectivity index (χ1v) is 4.98. The van der Waals surface area contributed by atoms with Gasteiger partial charge in [0.1, 0.15) is 18.1 Å². The Hall–Kier alpha value is -1.48. The van der Waals surface area contributed by atoms with Crippen LogP contribution >= 0.6 is 0 Å².